The molecule has 2 fully saturated rings. The maximum absolute atomic E-state index is 12.2. The molecule has 0 amide bonds. The number of nitrogen functional groups attached to an aromatic ring is 1. The van der Waals surface area contributed by atoms with Crippen molar-refractivity contribution in [2.45, 2.75) is 12.8 Å². The molecule has 38 heavy (non-hydrogen) atoms. The molecule has 0 bridgehead atoms. The first-order valence-corrected chi connectivity index (χ1v) is 12.8. The Labute approximate surface area is 219 Å². The molecular formula is C25H30N10O3. The first-order chi connectivity index (χ1) is 18.6. The molecule has 13 nitrogen and oxygen atoms in total. The van der Waals surface area contributed by atoms with Crippen molar-refractivity contribution in [1.82, 2.24) is 34.4 Å². The van der Waals surface area contributed by atoms with Crippen LogP contribution in [0.5, 0.6) is 0 Å². The number of ether oxygens (including phenoxy) is 1. The van der Waals surface area contributed by atoms with Crippen LogP contribution in [0.2, 0.25) is 0 Å². The van der Waals surface area contributed by atoms with Crippen molar-refractivity contribution < 1.29 is 13.9 Å². The lowest BCUT2D eigenvalue weighted by atomic mass is 9.97. The van der Waals surface area contributed by atoms with Gasteiger partial charge >= 0.3 is 5.97 Å². The van der Waals surface area contributed by atoms with Gasteiger partial charge in [-0.1, -0.05) is 0 Å². The van der Waals surface area contributed by atoms with Crippen molar-refractivity contribution in [3.63, 3.8) is 0 Å². The number of hydrogen-bond acceptors (Lipinski definition) is 12. The van der Waals surface area contributed by atoms with Crippen molar-refractivity contribution in [3.05, 3.63) is 42.4 Å². The maximum atomic E-state index is 12.2. The summed E-state index contributed by atoms with van der Waals surface area (Å²) >= 11 is 0. The summed E-state index contributed by atoms with van der Waals surface area (Å²) in [6.45, 7) is 6.20. The third-order valence-corrected chi connectivity index (χ3v) is 7.20. The largest absolute Gasteiger partial charge is 0.465 e. The highest BCUT2D eigenvalue weighted by molar-refractivity contribution is 5.95. The number of nitrogens with zero attached hydrogens (tertiary/aromatic N) is 9. The summed E-state index contributed by atoms with van der Waals surface area (Å²) in [5.41, 5.74) is 7.60. The van der Waals surface area contributed by atoms with Gasteiger partial charge in [-0.2, -0.15) is 19.5 Å². The van der Waals surface area contributed by atoms with Gasteiger partial charge in [-0.3, -0.25) is 9.88 Å². The number of fused-ring (bicyclic) bond motifs is 1. The third kappa shape index (κ3) is 4.72. The lowest BCUT2D eigenvalue weighted by molar-refractivity contribution is 0.0601. The molecule has 0 saturated carbocycles. The highest BCUT2D eigenvalue weighted by Gasteiger charge is 2.28. The first-order valence-electron chi connectivity index (χ1n) is 12.8. The normalized spacial score (nSPS) is 18.7. The fraction of sp³-hybridized carbons (Fsp3) is 0.440. The fourth-order valence-corrected chi connectivity index (χ4v) is 5.30. The molecule has 1 atom stereocenters. The minimum absolute atomic E-state index is 0.246. The Kier molecular flexibility index (Phi) is 6.50. The van der Waals surface area contributed by atoms with E-state index in [9.17, 15) is 4.79 Å². The number of aromatic nitrogens is 6. The van der Waals surface area contributed by atoms with Crippen molar-refractivity contribution in [3.8, 4) is 11.6 Å². The first kappa shape index (κ1) is 24.1. The number of esters is 1. The van der Waals surface area contributed by atoms with Gasteiger partial charge in [0.25, 0.3) is 5.78 Å². The number of methoxy groups -OCH3 is 1. The van der Waals surface area contributed by atoms with Crippen LogP contribution in [-0.4, -0.2) is 93.3 Å². The van der Waals surface area contributed by atoms with Crippen LogP contribution >= 0.6 is 0 Å². The number of rotatable bonds is 6. The van der Waals surface area contributed by atoms with Crippen molar-refractivity contribution >= 4 is 29.3 Å². The number of nitrogens with two attached hydrogens (primary N) is 1. The second-order valence-corrected chi connectivity index (χ2v) is 9.63. The molecule has 6 rings (SSSR count). The Balaban J connectivity index is 1.09. The quantitative estimate of drug-likeness (QED) is 0.370. The number of piperidine rings is 1. The molecule has 0 unspecified atom stereocenters. The summed E-state index contributed by atoms with van der Waals surface area (Å²) in [5, 5.41) is 4.38. The van der Waals surface area contributed by atoms with Crippen LogP contribution in [0, 0.1) is 5.92 Å². The predicted octanol–water partition coefficient (Wildman–Crippen LogP) is 1.58. The molecule has 2 saturated heterocycles. The average Bonchev–Trinajstić information content (AvgIpc) is 3.64. The van der Waals surface area contributed by atoms with Gasteiger partial charge in [0.15, 0.2) is 5.76 Å². The van der Waals surface area contributed by atoms with Crippen molar-refractivity contribution in [2.75, 3.05) is 68.5 Å². The minimum atomic E-state index is -0.337. The SMILES string of the molecule is COC(=O)c1ccncc1N1CCN(C[C@@H]2CCCN(c3nc(N)n4nc(-c5ccco5)nc4n3)C2)CC1. The Hall–Kier alpha value is -4.26. The van der Waals surface area contributed by atoms with Crippen LogP contribution in [0.3, 0.4) is 0 Å². The Morgan fingerprint density at radius 2 is 2.00 bits per heavy atom. The lowest BCUT2D eigenvalue weighted by Gasteiger charge is -2.40. The van der Waals surface area contributed by atoms with E-state index in [1.54, 1.807) is 36.9 Å². The summed E-state index contributed by atoms with van der Waals surface area (Å²) in [6.07, 6.45) is 7.15. The molecule has 0 aromatic carbocycles. The smallest absolute Gasteiger partial charge is 0.340 e. The molecule has 6 heterocycles. The molecular weight excluding hydrogens is 488 g/mol. The minimum Gasteiger partial charge on any atom is -0.465 e. The van der Waals surface area contributed by atoms with Crippen LogP contribution in [0.4, 0.5) is 17.6 Å². The zero-order chi connectivity index (χ0) is 26.1. The molecule has 0 aliphatic carbocycles. The van der Waals surface area contributed by atoms with E-state index < -0.39 is 0 Å². The second kappa shape index (κ2) is 10.2. The predicted molar refractivity (Wildman–Crippen MR) is 140 cm³/mol. The van der Waals surface area contributed by atoms with Gasteiger partial charge in [0.2, 0.25) is 17.7 Å². The van der Waals surface area contributed by atoms with E-state index in [1.807, 2.05) is 0 Å². The van der Waals surface area contributed by atoms with Crippen LogP contribution < -0.4 is 15.5 Å². The van der Waals surface area contributed by atoms with E-state index >= 15 is 0 Å². The zero-order valence-electron chi connectivity index (χ0n) is 21.2. The van der Waals surface area contributed by atoms with E-state index in [1.165, 1.54) is 11.6 Å². The van der Waals surface area contributed by atoms with Crippen molar-refractivity contribution in [1.29, 1.82) is 0 Å². The Morgan fingerprint density at radius 3 is 2.79 bits per heavy atom. The van der Waals surface area contributed by atoms with Gasteiger partial charge in [-0.05, 0) is 37.0 Å². The number of furan rings is 1. The van der Waals surface area contributed by atoms with Gasteiger partial charge in [0.05, 0.1) is 30.8 Å². The van der Waals surface area contributed by atoms with E-state index in [-0.39, 0.29) is 11.9 Å². The number of carbonyl (C=O) groups excluding carboxylic acids is 1. The summed E-state index contributed by atoms with van der Waals surface area (Å²) in [6, 6.07) is 5.30. The summed E-state index contributed by atoms with van der Waals surface area (Å²) < 4.78 is 11.8. The van der Waals surface area contributed by atoms with Crippen LogP contribution in [-0.2, 0) is 4.74 Å². The van der Waals surface area contributed by atoms with Gasteiger partial charge in [0, 0.05) is 52.0 Å². The topological polar surface area (TPSA) is 144 Å². The molecule has 2 N–H and O–H groups in total. The Bertz CT molecular complexity index is 1410. The monoisotopic (exact) mass is 518 g/mol. The maximum Gasteiger partial charge on any atom is 0.340 e. The van der Waals surface area contributed by atoms with E-state index in [0.717, 1.165) is 64.3 Å². The summed E-state index contributed by atoms with van der Waals surface area (Å²) in [7, 11) is 1.40. The summed E-state index contributed by atoms with van der Waals surface area (Å²) in [5.74, 6) is 2.35. The van der Waals surface area contributed by atoms with Crippen molar-refractivity contribution in [2.24, 2.45) is 5.92 Å². The number of piperazine rings is 1. The fourth-order valence-electron chi connectivity index (χ4n) is 5.30. The standard InChI is InChI=1S/C25H30N10O3/c1-37-22(36)18-6-7-27-14-19(18)33-11-9-32(10-12-33)15-17-4-2-8-34(16-17)24-29-23(26)35-25(30-24)28-21(31-35)20-5-3-13-38-20/h3,5-7,13-14,17H,2,4,8-12,15-16H2,1H3,(H2,26,28,29,30,31)/t17-/m0/s1. The molecule has 198 valence electrons. The van der Waals surface area contributed by atoms with Gasteiger partial charge in [0.1, 0.15) is 0 Å². The van der Waals surface area contributed by atoms with Crippen LogP contribution in [0.15, 0.2) is 41.3 Å². The highest BCUT2D eigenvalue weighted by Crippen LogP contribution is 2.25. The highest BCUT2D eigenvalue weighted by atomic mass is 16.5. The average molecular weight is 519 g/mol. The Morgan fingerprint density at radius 1 is 1.13 bits per heavy atom. The molecule has 2 aliphatic rings. The number of pyridine rings is 1. The van der Waals surface area contributed by atoms with Crippen LogP contribution in [0.25, 0.3) is 17.4 Å². The van der Waals surface area contributed by atoms with E-state index in [0.29, 0.717) is 34.8 Å². The van der Waals surface area contributed by atoms with Gasteiger partial charge in [-0.15, -0.1) is 5.10 Å². The number of carbonyl (C=O) groups is 1. The second-order valence-electron chi connectivity index (χ2n) is 9.63. The zero-order valence-corrected chi connectivity index (χ0v) is 21.2. The number of hydrogen-bond donors (Lipinski definition) is 1. The van der Waals surface area contributed by atoms with E-state index in [4.69, 9.17) is 14.9 Å². The molecule has 13 heteroatoms. The van der Waals surface area contributed by atoms with Gasteiger partial charge in [-0.25, -0.2) is 4.79 Å². The number of anilines is 3. The van der Waals surface area contributed by atoms with Gasteiger partial charge < -0.3 is 24.7 Å². The summed E-state index contributed by atoms with van der Waals surface area (Å²) in [4.78, 5) is 37.0. The lowest BCUT2D eigenvalue weighted by Crippen LogP contribution is -2.50. The third-order valence-electron chi connectivity index (χ3n) is 7.20. The molecule has 0 spiro atoms. The molecule has 0 radical (unpaired) electrons. The molecule has 2 aliphatic heterocycles. The molecule has 4 aromatic heterocycles. The van der Waals surface area contributed by atoms with E-state index in [2.05, 4.69) is 39.7 Å². The molecule has 4 aromatic rings. The van der Waals surface area contributed by atoms with Crippen LogP contribution in [0.1, 0.15) is 23.2 Å².